The van der Waals surface area contributed by atoms with Crippen LogP contribution in [0.3, 0.4) is 0 Å². The third kappa shape index (κ3) is 2.06. The number of aryl methyl sites for hydroxylation is 1. The summed E-state index contributed by atoms with van der Waals surface area (Å²) in [6.07, 6.45) is -2.65. The Morgan fingerprint density at radius 2 is 2.15 bits per heavy atom. The normalized spacial score (nSPS) is 10.6. The summed E-state index contributed by atoms with van der Waals surface area (Å²) in [6, 6.07) is 1.34. The molecule has 1 aromatic heterocycles. The van der Waals surface area contributed by atoms with Crippen LogP contribution in [0.1, 0.15) is 17.8 Å². The van der Waals surface area contributed by atoms with Crippen LogP contribution in [0.2, 0.25) is 5.02 Å². The number of nitrogens with zero attached hydrogens (tertiary/aromatic N) is 1. The highest BCUT2D eigenvalue weighted by Gasteiger charge is 2.17. The van der Waals surface area contributed by atoms with Crippen LogP contribution in [0.4, 0.5) is 8.78 Å². The third-order valence-electron chi connectivity index (χ3n) is 1.57. The Bertz CT molecular complexity index is 317. The third-order valence-corrected chi connectivity index (χ3v) is 1.95. The molecule has 1 rings (SSSR count). The summed E-state index contributed by atoms with van der Waals surface area (Å²) in [5, 5.41) is 0.321. The van der Waals surface area contributed by atoms with Crippen molar-refractivity contribution in [2.45, 2.75) is 13.3 Å². The van der Waals surface area contributed by atoms with Crippen molar-refractivity contribution in [3.8, 4) is 5.75 Å². The number of aromatic nitrogens is 1. The first kappa shape index (κ1) is 10.2. The molecule has 0 aromatic carbocycles. The molecule has 0 fully saturated rings. The van der Waals surface area contributed by atoms with E-state index < -0.39 is 6.43 Å². The minimum absolute atomic E-state index is 0.0191. The summed E-state index contributed by atoms with van der Waals surface area (Å²) in [5.41, 5.74) is 0.00201. The second-order valence-corrected chi connectivity index (χ2v) is 2.85. The highest BCUT2D eigenvalue weighted by atomic mass is 35.5. The molecule has 72 valence electrons. The minimum atomic E-state index is -2.65. The van der Waals surface area contributed by atoms with Gasteiger partial charge in [-0.1, -0.05) is 11.6 Å². The molecule has 0 radical (unpaired) electrons. The summed E-state index contributed by atoms with van der Waals surface area (Å²) in [5.74, 6) is 0.0191. The molecule has 0 saturated heterocycles. The molecule has 0 spiro atoms. The molecule has 2 nitrogen and oxygen atoms in total. The zero-order chi connectivity index (χ0) is 10.0. The predicted molar refractivity (Wildman–Crippen MR) is 45.5 cm³/mol. The standard InChI is InChI=1S/C8H8ClF2NO/c1-4-5(9)3-6(13-2)7(12-4)8(10)11/h3,8H,1-2H3. The first-order valence-electron chi connectivity index (χ1n) is 3.55. The van der Waals surface area contributed by atoms with Gasteiger partial charge in [0.05, 0.1) is 17.8 Å². The van der Waals surface area contributed by atoms with E-state index in [1.165, 1.54) is 13.2 Å². The zero-order valence-corrected chi connectivity index (χ0v) is 7.90. The molecule has 5 heteroatoms. The van der Waals surface area contributed by atoms with Crippen molar-refractivity contribution < 1.29 is 13.5 Å². The fourth-order valence-electron chi connectivity index (χ4n) is 0.902. The SMILES string of the molecule is COc1cc(Cl)c(C)nc1C(F)F. The molecule has 1 aromatic rings. The van der Waals surface area contributed by atoms with E-state index in [0.29, 0.717) is 10.7 Å². The average molecular weight is 208 g/mol. The van der Waals surface area contributed by atoms with Crippen LogP contribution in [0, 0.1) is 6.92 Å². The lowest BCUT2D eigenvalue weighted by molar-refractivity contribution is 0.141. The number of rotatable bonds is 2. The Kier molecular flexibility index (Phi) is 3.03. The van der Waals surface area contributed by atoms with E-state index in [1.807, 2.05) is 0 Å². The van der Waals surface area contributed by atoms with Gasteiger partial charge < -0.3 is 4.74 Å². The lowest BCUT2D eigenvalue weighted by Gasteiger charge is -2.08. The smallest absolute Gasteiger partial charge is 0.284 e. The van der Waals surface area contributed by atoms with E-state index in [0.717, 1.165) is 0 Å². The molecule has 0 aliphatic heterocycles. The Labute approximate surface area is 79.5 Å². The molecule has 1 heterocycles. The summed E-state index contributed by atoms with van der Waals surface area (Å²) in [7, 11) is 1.30. The Morgan fingerprint density at radius 3 is 2.62 bits per heavy atom. The van der Waals surface area contributed by atoms with Crippen LogP contribution in [0.15, 0.2) is 6.07 Å². The largest absolute Gasteiger partial charge is 0.495 e. The number of hydrogen-bond donors (Lipinski definition) is 0. The van der Waals surface area contributed by atoms with Crippen LogP contribution in [0.5, 0.6) is 5.75 Å². The van der Waals surface area contributed by atoms with Gasteiger partial charge in [0.25, 0.3) is 6.43 Å². The quantitative estimate of drug-likeness (QED) is 0.744. The number of methoxy groups -OCH3 is 1. The van der Waals surface area contributed by atoms with Crippen LogP contribution >= 0.6 is 11.6 Å². The number of hydrogen-bond acceptors (Lipinski definition) is 2. The van der Waals surface area contributed by atoms with Gasteiger partial charge in [-0.05, 0) is 6.92 Å². The molecule has 0 aliphatic rings. The summed E-state index contributed by atoms with van der Waals surface area (Å²) < 4.78 is 29.4. The second kappa shape index (κ2) is 3.87. The molecular formula is C8H8ClF2NO. The molecule has 0 unspecified atom stereocenters. The Balaban J connectivity index is 3.25. The monoisotopic (exact) mass is 207 g/mol. The molecule has 0 bridgehead atoms. The molecule has 0 saturated carbocycles. The summed E-state index contributed by atoms with van der Waals surface area (Å²) >= 11 is 5.68. The van der Waals surface area contributed by atoms with E-state index in [9.17, 15) is 8.78 Å². The van der Waals surface area contributed by atoms with Crippen LogP contribution in [-0.4, -0.2) is 12.1 Å². The van der Waals surface area contributed by atoms with Gasteiger partial charge in [0.2, 0.25) is 0 Å². The van der Waals surface area contributed by atoms with E-state index in [1.54, 1.807) is 6.92 Å². The van der Waals surface area contributed by atoms with Crippen molar-refractivity contribution >= 4 is 11.6 Å². The predicted octanol–water partition coefficient (Wildman–Crippen LogP) is 2.99. The fourth-order valence-corrected chi connectivity index (χ4v) is 1.04. The van der Waals surface area contributed by atoms with Gasteiger partial charge >= 0.3 is 0 Å². The van der Waals surface area contributed by atoms with Crippen molar-refractivity contribution in [1.82, 2.24) is 4.98 Å². The zero-order valence-electron chi connectivity index (χ0n) is 7.14. The average Bonchev–Trinajstić information content (AvgIpc) is 2.08. The molecule has 13 heavy (non-hydrogen) atoms. The van der Waals surface area contributed by atoms with Crippen molar-refractivity contribution in [3.05, 3.63) is 22.5 Å². The fraction of sp³-hybridized carbons (Fsp3) is 0.375. The molecule has 0 amide bonds. The Hall–Kier alpha value is -0.900. The van der Waals surface area contributed by atoms with Gasteiger partial charge in [0, 0.05) is 6.07 Å². The molecule has 0 atom stereocenters. The minimum Gasteiger partial charge on any atom is -0.495 e. The molecule has 0 N–H and O–H groups in total. The highest BCUT2D eigenvalue weighted by molar-refractivity contribution is 6.31. The maximum atomic E-state index is 12.3. The van der Waals surface area contributed by atoms with E-state index in [2.05, 4.69) is 4.98 Å². The summed E-state index contributed by atoms with van der Waals surface area (Å²) in [4.78, 5) is 3.64. The molecular weight excluding hydrogens is 200 g/mol. The van der Waals surface area contributed by atoms with E-state index >= 15 is 0 Å². The van der Waals surface area contributed by atoms with Crippen molar-refractivity contribution in [3.63, 3.8) is 0 Å². The van der Waals surface area contributed by atoms with Crippen molar-refractivity contribution in [2.75, 3.05) is 7.11 Å². The first-order valence-corrected chi connectivity index (χ1v) is 3.93. The number of alkyl halides is 2. The topological polar surface area (TPSA) is 22.1 Å². The van der Waals surface area contributed by atoms with Crippen LogP contribution in [0.25, 0.3) is 0 Å². The number of pyridine rings is 1. The lowest BCUT2D eigenvalue weighted by atomic mass is 10.3. The summed E-state index contributed by atoms with van der Waals surface area (Å²) in [6.45, 7) is 1.56. The number of ether oxygens (including phenoxy) is 1. The van der Waals surface area contributed by atoms with Gasteiger partial charge in [-0.25, -0.2) is 13.8 Å². The van der Waals surface area contributed by atoms with Gasteiger partial charge in [0.15, 0.2) is 0 Å². The molecule has 0 aliphatic carbocycles. The Morgan fingerprint density at radius 1 is 1.54 bits per heavy atom. The van der Waals surface area contributed by atoms with Crippen molar-refractivity contribution in [2.24, 2.45) is 0 Å². The van der Waals surface area contributed by atoms with Gasteiger partial charge in [-0.3, -0.25) is 0 Å². The van der Waals surface area contributed by atoms with E-state index in [4.69, 9.17) is 16.3 Å². The van der Waals surface area contributed by atoms with Gasteiger partial charge in [-0.2, -0.15) is 0 Å². The van der Waals surface area contributed by atoms with E-state index in [-0.39, 0.29) is 11.4 Å². The highest BCUT2D eigenvalue weighted by Crippen LogP contribution is 2.30. The lowest BCUT2D eigenvalue weighted by Crippen LogP contribution is -1.98. The second-order valence-electron chi connectivity index (χ2n) is 2.44. The first-order chi connectivity index (χ1) is 6.06. The van der Waals surface area contributed by atoms with Crippen LogP contribution < -0.4 is 4.74 Å². The van der Waals surface area contributed by atoms with Crippen molar-refractivity contribution in [1.29, 1.82) is 0 Å². The maximum absolute atomic E-state index is 12.3. The van der Waals surface area contributed by atoms with Gasteiger partial charge in [-0.15, -0.1) is 0 Å². The maximum Gasteiger partial charge on any atom is 0.284 e. The number of halogens is 3. The van der Waals surface area contributed by atoms with Gasteiger partial charge in [0.1, 0.15) is 11.4 Å². The van der Waals surface area contributed by atoms with Crippen LogP contribution in [-0.2, 0) is 0 Å².